The monoisotopic (exact) mass is 444 g/mol. The van der Waals surface area contributed by atoms with Gasteiger partial charge < -0.3 is 19.5 Å². The minimum atomic E-state index is 0.0507. The van der Waals surface area contributed by atoms with Crippen molar-refractivity contribution < 1.29 is 19.0 Å². The highest BCUT2D eigenvalue weighted by molar-refractivity contribution is 7.99. The standard InChI is InChI=1S/C24H32N2O4S/c1-18-4-6-19(7-5-18)16-31-17-24(27)25-15-21(26-10-12-30-13-11-26)20-8-9-22(28-2)23(14-20)29-3/h4-9,14,21H,10-13,15-17H2,1-3H3,(H,25,27). The van der Waals surface area contributed by atoms with E-state index in [1.54, 1.807) is 26.0 Å². The summed E-state index contributed by atoms with van der Waals surface area (Å²) in [5.74, 6) is 2.71. The van der Waals surface area contributed by atoms with Crippen LogP contribution in [-0.4, -0.2) is 63.6 Å². The van der Waals surface area contributed by atoms with Crippen LogP contribution in [0.15, 0.2) is 42.5 Å². The highest BCUT2D eigenvalue weighted by Gasteiger charge is 2.24. The zero-order chi connectivity index (χ0) is 22.1. The van der Waals surface area contributed by atoms with Crippen LogP contribution in [0.3, 0.4) is 0 Å². The van der Waals surface area contributed by atoms with Gasteiger partial charge >= 0.3 is 0 Å². The van der Waals surface area contributed by atoms with Gasteiger partial charge in [0.1, 0.15) is 0 Å². The summed E-state index contributed by atoms with van der Waals surface area (Å²) in [6.07, 6.45) is 0. The molecule has 1 fully saturated rings. The Kier molecular flexibility index (Phi) is 9.06. The van der Waals surface area contributed by atoms with E-state index >= 15 is 0 Å². The number of nitrogens with one attached hydrogen (secondary N) is 1. The second kappa shape index (κ2) is 12.0. The number of ether oxygens (including phenoxy) is 3. The van der Waals surface area contributed by atoms with E-state index in [-0.39, 0.29) is 11.9 Å². The average molecular weight is 445 g/mol. The fourth-order valence-electron chi connectivity index (χ4n) is 3.61. The molecule has 1 amide bonds. The van der Waals surface area contributed by atoms with E-state index in [4.69, 9.17) is 14.2 Å². The third kappa shape index (κ3) is 6.89. The molecule has 0 saturated carbocycles. The molecule has 1 atom stereocenters. The Bertz CT molecular complexity index is 838. The average Bonchev–Trinajstić information content (AvgIpc) is 2.81. The number of morpholine rings is 1. The highest BCUT2D eigenvalue weighted by Crippen LogP contribution is 2.32. The third-order valence-corrected chi connectivity index (χ3v) is 6.40. The molecule has 2 aromatic carbocycles. The van der Waals surface area contributed by atoms with Crippen LogP contribution in [0.5, 0.6) is 11.5 Å². The van der Waals surface area contributed by atoms with Crippen LogP contribution in [0.2, 0.25) is 0 Å². The fourth-order valence-corrected chi connectivity index (χ4v) is 4.43. The van der Waals surface area contributed by atoms with Crippen molar-refractivity contribution in [2.75, 3.05) is 52.8 Å². The van der Waals surface area contributed by atoms with Crippen molar-refractivity contribution in [3.63, 3.8) is 0 Å². The van der Waals surface area contributed by atoms with E-state index in [0.29, 0.717) is 37.0 Å². The van der Waals surface area contributed by atoms with Crippen molar-refractivity contribution in [3.05, 3.63) is 59.2 Å². The van der Waals surface area contributed by atoms with Crippen LogP contribution in [-0.2, 0) is 15.3 Å². The molecule has 0 aromatic heterocycles. The van der Waals surface area contributed by atoms with Crippen molar-refractivity contribution >= 4 is 17.7 Å². The molecule has 1 N–H and O–H groups in total. The van der Waals surface area contributed by atoms with Crippen LogP contribution >= 0.6 is 11.8 Å². The molecule has 0 spiro atoms. The largest absolute Gasteiger partial charge is 0.493 e. The Balaban J connectivity index is 1.59. The summed E-state index contributed by atoms with van der Waals surface area (Å²) in [5, 5.41) is 3.13. The van der Waals surface area contributed by atoms with Gasteiger partial charge in [-0.25, -0.2) is 0 Å². The minimum absolute atomic E-state index is 0.0507. The summed E-state index contributed by atoms with van der Waals surface area (Å²) in [6, 6.07) is 14.4. The van der Waals surface area contributed by atoms with E-state index in [1.165, 1.54) is 11.1 Å². The molecule has 1 aliphatic heterocycles. The van der Waals surface area contributed by atoms with Crippen LogP contribution in [0.1, 0.15) is 22.7 Å². The lowest BCUT2D eigenvalue weighted by atomic mass is 10.0. The van der Waals surface area contributed by atoms with Crippen molar-refractivity contribution in [1.82, 2.24) is 10.2 Å². The van der Waals surface area contributed by atoms with E-state index in [9.17, 15) is 4.79 Å². The maximum Gasteiger partial charge on any atom is 0.230 e. The number of thioether (sulfide) groups is 1. The number of benzene rings is 2. The molecular formula is C24H32N2O4S. The number of amides is 1. The summed E-state index contributed by atoms with van der Waals surface area (Å²) in [7, 11) is 3.27. The van der Waals surface area contributed by atoms with Crippen molar-refractivity contribution in [2.45, 2.75) is 18.7 Å². The van der Waals surface area contributed by atoms with Gasteiger partial charge in [0, 0.05) is 25.4 Å². The van der Waals surface area contributed by atoms with Gasteiger partial charge in [0.2, 0.25) is 5.91 Å². The van der Waals surface area contributed by atoms with Gasteiger partial charge in [-0.2, -0.15) is 0 Å². The molecule has 0 bridgehead atoms. The van der Waals surface area contributed by atoms with Crippen LogP contribution in [0.25, 0.3) is 0 Å². The smallest absolute Gasteiger partial charge is 0.230 e. The Labute approximate surface area is 189 Å². The zero-order valence-electron chi connectivity index (χ0n) is 18.6. The summed E-state index contributed by atoms with van der Waals surface area (Å²) in [6.45, 7) is 5.68. The summed E-state index contributed by atoms with van der Waals surface area (Å²) < 4.78 is 16.4. The van der Waals surface area contributed by atoms with Gasteiger partial charge in [-0.15, -0.1) is 11.8 Å². The topological polar surface area (TPSA) is 60.0 Å². The second-order valence-corrected chi connectivity index (χ2v) is 8.55. The molecule has 3 rings (SSSR count). The number of hydrogen-bond acceptors (Lipinski definition) is 6. The van der Waals surface area contributed by atoms with Gasteiger partial charge in [0.05, 0.1) is 39.2 Å². The Hall–Kier alpha value is -2.22. The lowest BCUT2D eigenvalue weighted by Crippen LogP contribution is -2.44. The molecule has 6 nitrogen and oxygen atoms in total. The van der Waals surface area contributed by atoms with Crippen LogP contribution in [0, 0.1) is 6.92 Å². The van der Waals surface area contributed by atoms with Crippen molar-refractivity contribution in [1.29, 1.82) is 0 Å². The molecule has 1 saturated heterocycles. The molecule has 0 aliphatic carbocycles. The number of hydrogen-bond donors (Lipinski definition) is 1. The van der Waals surface area contributed by atoms with E-state index in [2.05, 4.69) is 41.4 Å². The molecule has 1 heterocycles. The van der Waals surface area contributed by atoms with Gasteiger partial charge in [0.15, 0.2) is 11.5 Å². The fraction of sp³-hybridized carbons (Fsp3) is 0.458. The first-order valence-corrected chi connectivity index (χ1v) is 11.7. The first-order valence-electron chi connectivity index (χ1n) is 10.5. The number of nitrogens with zero attached hydrogens (tertiary/aromatic N) is 1. The summed E-state index contributed by atoms with van der Waals surface area (Å²) in [5.41, 5.74) is 3.57. The van der Waals surface area contributed by atoms with Gasteiger partial charge in [-0.3, -0.25) is 9.69 Å². The zero-order valence-corrected chi connectivity index (χ0v) is 19.4. The van der Waals surface area contributed by atoms with Crippen molar-refractivity contribution in [2.24, 2.45) is 0 Å². The highest BCUT2D eigenvalue weighted by atomic mass is 32.2. The molecular weight excluding hydrogens is 412 g/mol. The number of aryl methyl sites for hydroxylation is 1. The molecule has 168 valence electrons. The number of methoxy groups -OCH3 is 2. The molecule has 1 unspecified atom stereocenters. The first kappa shape index (κ1) is 23.4. The van der Waals surface area contributed by atoms with Gasteiger partial charge in [-0.1, -0.05) is 35.9 Å². The number of rotatable bonds is 10. The van der Waals surface area contributed by atoms with E-state index in [1.807, 2.05) is 18.2 Å². The van der Waals surface area contributed by atoms with E-state index in [0.717, 1.165) is 24.4 Å². The first-order chi connectivity index (χ1) is 15.1. The number of carbonyl (C=O) groups excluding carboxylic acids is 1. The summed E-state index contributed by atoms with van der Waals surface area (Å²) in [4.78, 5) is 14.9. The van der Waals surface area contributed by atoms with Gasteiger partial charge in [0.25, 0.3) is 0 Å². The molecule has 7 heteroatoms. The molecule has 1 aliphatic rings. The Morgan fingerprint density at radius 3 is 2.48 bits per heavy atom. The SMILES string of the molecule is COc1ccc(C(CNC(=O)CSCc2ccc(C)cc2)N2CCOCC2)cc1OC. The van der Waals surface area contributed by atoms with Crippen molar-refractivity contribution in [3.8, 4) is 11.5 Å². The quantitative estimate of drug-likeness (QED) is 0.606. The Morgan fingerprint density at radius 2 is 1.81 bits per heavy atom. The van der Waals surface area contributed by atoms with Gasteiger partial charge in [-0.05, 0) is 30.2 Å². The minimum Gasteiger partial charge on any atom is -0.493 e. The molecule has 2 aromatic rings. The lowest BCUT2D eigenvalue weighted by Gasteiger charge is -2.35. The second-order valence-electron chi connectivity index (χ2n) is 7.56. The summed E-state index contributed by atoms with van der Waals surface area (Å²) >= 11 is 1.63. The predicted molar refractivity (Wildman–Crippen MR) is 125 cm³/mol. The Morgan fingerprint density at radius 1 is 1.10 bits per heavy atom. The lowest BCUT2D eigenvalue weighted by molar-refractivity contribution is -0.118. The molecule has 31 heavy (non-hydrogen) atoms. The van der Waals surface area contributed by atoms with Crippen LogP contribution < -0.4 is 14.8 Å². The molecule has 0 radical (unpaired) electrons. The van der Waals surface area contributed by atoms with E-state index < -0.39 is 0 Å². The maximum atomic E-state index is 12.5. The van der Waals surface area contributed by atoms with Crippen LogP contribution in [0.4, 0.5) is 0 Å². The maximum absolute atomic E-state index is 12.5. The normalized spacial score (nSPS) is 15.3. The number of carbonyl (C=O) groups is 1. The predicted octanol–water partition coefficient (Wildman–Crippen LogP) is 3.44. The third-order valence-electron chi connectivity index (χ3n) is 5.39.